The number of rotatable bonds is 10. The predicted octanol–water partition coefficient (Wildman–Crippen LogP) is 4.39. The van der Waals surface area contributed by atoms with Gasteiger partial charge in [-0.3, -0.25) is 19.5 Å². The molecule has 242 valence electrons. The Labute approximate surface area is 278 Å². The quantitative estimate of drug-likeness (QED) is 0.132. The van der Waals surface area contributed by atoms with Crippen LogP contribution in [0, 0.1) is 17.8 Å². The molecule has 3 N–H and O–H groups in total. The minimum atomic E-state index is -1.72. The van der Waals surface area contributed by atoms with Crippen molar-refractivity contribution in [2.45, 2.75) is 25.4 Å². The molecule has 2 fully saturated rings. The highest BCUT2D eigenvalue weighted by atomic mass is 16.5. The summed E-state index contributed by atoms with van der Waals surface area (Å²) >= 11 is 0. The Morgan fingerprint density at radius 2 is 1.73 bits per heavy atom. The van der Waals surface area contributed by atoms with E-state index in [0.29, 0.717) is 37.3 Å². The molecule has 4 aromatic rings. The van der Waals surface area contributed by atoms with E-state index in [1.165, 1.54) is 17.0 Å². The van der Waals surface area contributed by atoms with Gasteiger partial charge in [-0.15, -0.1) is 0 Å². The average molecular weight is 643 g/mol. The third-order valence-corrected chi connectivity index (χ3v) is 9.49. The van der Waals surface area contributed by atoms with Gasteiger partial charge in [0.1, 0.15) is 18.1 Å². The molecule has 3 aliphatic rings. The van der Waals surface area contributed by atoms with Crippen molar-refractivity contribution in [2.75, 3.05) is 18.1 Å². The molecule has 3 heterocycles. The molecule has 0 radical (unpaired) electrons. The number of ether oxygens (including phenoxy) is 2. The lowest BCUT2D eigenvalue weighted by molar-refractivity contribution is -0.122. The number of aromatic nitrogens is 1. The number of pyridine rings is 1. The summed E-state index contributed by atoms with van der Waals surface area (Å²) in [6, 6.07) is 28.6. The smallest absolute Gasteiger partial charge is 0.488 e. The third-order valence-electron chi connectivity index (χ3n) is 9.49. The van der Waals surface area contributed by atoms with Gasteiger partial charge in [0.05, 0.1) is 35.9 Å². The average Bonchev–Trinajstić information content (AvgIpc) is 3.65. The molecule has 0 bridgehead atoms. The molecular weight excluding hydrogens is 607 g/mol. The summed E-state index contributed by atoms with van der Waals surface area (Å²) in [7, 11) is -1.72. The Hall–Kier alpha value is -5.03. The molecule has 4 atom stereocenters. The maximum Gasteiger partial charge on any atom is 0.488 e. The number of carbonyl (C=O) groups is 2. The number of nitrogens with zero attached hydrogens (tertiary/aromatic N) is 2. The van der Waals surface area contributed by atoms with Crippen molar-refractivity contribution < 1.29 is 34.2 Å². The molecule has 9 nitrogen and oxygen atoms in total. The van der Waals surface area contributed by atoms with Crippen molar-refractivity contribution >= 4 is 41.7 Å². The van der Waals surface area contributed by atoms with Gasteiger partial charge >= 0.3 is 7.12 Å². The number of phenols is 1. The maximum absolute atomic E-state index is 14.1. The van der Waals surface area contributed by atoms with Crippen molar-refractivity contribution in [3.8, 4) is 11.5 Å². The van der Waals surface area contributed by atoms with E-state index in [-0.39, 0.29) is 41.7 Å². The van der Waals surface area contributed by atoms with Gasteiger partial charge in [-0.2, -0.15) is 0 Å². The van der Waals surface area contributed by atoms with Gasteiger partial charge in [0.25, 0.3) is 0 Å². The number of para-hydroxylation sites is 1. The van der Waals surface area contributed by atoms with E-state index in [1.54, 1.807) is 30.5 Å². The second kappa shape index (κ2) is 13.6. The van der Waals surface area contributed by atoms with Crippen LogP contribution in [0.2, 0.25) is 0 Å². The highest BCUT2D eigenvalue weighted by molar-refractivity contribution is 6.58. The van der Waals surface area contributed by atoms with Crippen molar-refractivity contribution in [1.82, 2.24) is 4.98 Å². The predicted molar refractivity (Wildman–Crippen MR) is 182 cm³/mol. The standard InChI is InChI=1S/C38H35BN2O7/c42-29-15-12-24(13-16-29)19-25(33-11-4-5-18-40-33)14-17-34-35-26(22-47-30-9-2-1-3-10-30)20-31-36(32(35)23-48-34)38(44)41(37(31)43)28-8-6-7-27(21-28)39(45)46/h1-13,15-16,18-19,21,31-32,34,36,42,45-46H,14,17,20,22-23H2/b25-19-/t31-,32+,34-,36-/m1/s1. The van der Waals surface area contributed by atoms with Crippen LogP contribution in [-0.2, 0) is 14.3 Å². The second-order valence-corrected chi connectivity index (χ2v) is 12.4. The zero-order chi connectivity index (χ0) is 33.2. The van der Waals surface area contributed by atoms with E-state index < -0.39 is 19.0 Å². The van der Waals surface area contributed by atoms with Crippen LogP contribution in [0.25, 0.3) is 11.6 Å². The molecule has 0 saturated carbocycles. The number of anilines is 1. The molecular formula is C38H35BN2O7. The minimum Gasteiger partial charge on any atom is -0.508 e. The van der Waals surface area contributed by atoms with Gasteiger partial charge in [-0.1, -0.05) is 48.5 Å². The lowest BCUT2D eigenvalue weighted by Crippen LogP contribution is -2.36. The Kier molecular flexibility index (Phi) is 8.95. The second-order valence-electron chi connectivity index (χ2n) is 12.4. The summed E-state index contributed by atoms with van der Waals surface area (Å²) in [5, 5.41) is 29.3. The van der Waals surface area contributed by atoms with E-state index in [1.807, 2.05) is 60.7 Å². The summed E-state index contributed by atoms with van der Waals surface area (Å²) in [5.41, 5.74) is 5.30. The normalized spacial score (nSPS) is 22.1. The number of phenolic OH excluding ortho intramolecular Hbond substituents is 1. The fourth-order valence-electron chi connectivity index (χ4n) is 7.26. The summed E-state index contributed by atoms with van der Waals surface area (Å²) in [5.74, 6) is -1.16. The fourth-order valence-corrected chi connectivity index (χ4v) is 7.26. The lowest BCUT2D eigenvalue weighted by Gasteiger charge is -2.31. The van der Waals surface area contributed by atoms with Gasteiger partial charge in [-0.05, 0) is 102 Å². The summed E-state index contributed by atoms with van der Waals surface area (Å²) < 4.78 is 12.7. The molecule has 2 saturated heterocycles. The zero-order valence-electron chi connectivity index (χ0n) is 26.2. The van der Waals surface area contributed by atoms with Gasteiger partial charge in [0, 0.05) is 12.1 Å². The molecule has 10 heteroatoms. The maximum atomic E-state index is 14.1. The van der Waals surface area contributed by atoms with Crippen LogP contribution < -0.4 is 15.1 Å². The summed E-state index contributed by atoms with van der Waals surface area (Å²) in [6.07, 6.45) is 5.16. The monoisotopic (exact) mass is 642 g/mol. The van der Waals surface area contributed by atoms with Crippen LogP contribution in [0.15, 0.2) is 114 Å². The topological polar surface area (TPSA) is 129 Å². The minimum absolute atomic E-state index is 0.196. The third kappa shape index (κ3) is 6.30. The van der Waals surface area contributed by atoms with Crippen LogP contribution >= 0.6 is 0 Å². The molecule has 3 aromatic carbocycles. The lowest BCUT2D eigenvalue weighted by atomic mass is 9.69. The number of allylic oxidation sites excluding steroid dienone is 1. The Bertz CT molecular complexity index is 1860. The molecule has 7 rings (SSSR count). The molecule has 1 aliphatic carbocycles. The Morgan fingerprint density at radius 1 is 0.938 bits per heavy atom. The van der Waals surface area contributed by atoms with E-state index in [2.05, 4.69) is 11.1 Å². The fraction of sp³-hybridized carbons (Fsp3) is 0.237. The van der Waals surface area contributed by atoms with Crippen LogP contribution in [0.3, 0.4) is 0 Å². The highest BCUT2D eigenvalue weighted by Crippen LogP contribution is 2.50. The molecule has 0 unspecified atom stereocenters. The van der Waals surface area contributed by atoms with E-state index >= 15 is 0 Å². The van der Waals surface area contributed by atoms with Crippen molar-refractivity contribution in [3.63, 3.8) is 0 Å². The van der Waals surface area contributed by atoms with Crippen LogP contribution in [0.5, 0.6) is 11.5 Å². The number of hydrogen-bond acceptors (Lipinski definition) is 8. The number of imide groups is 1. The first-order chi connectivity index (χ1) is 23.4. The number of fused-ring (bicyclic) bond motifs is 3. The van der Waals surface area contributed by atoms with Gasteiger partial charge < -0.3 is 24.6 Å². The SMILES string of the molecule is O=C1[C@@H]2[C@@H](CC(COc3ccccc3)=C3[C@@H](CC/C(=C/c4ccc(O)cc4)c4ccccn4)OC[C@@H]32)C(=O)N1c1cccc(B(O)O)c1. The van der Waals surface area contributed by atoms with Crippen molar-refractivity contribution in [1.29, 1.82) is 0 Å². The van der Waals surface area contributed by atoms with Crippen LogP contribution in [0.4, 0.5) is 5.69 Å². The summed E-state index contributed by atoms with van der Waals surface area (Å²) in [4.78, 5) is 33.8. The van der Waals surface area contributed by atoms with Crippen molar-refractivity contribution in [2.24, 2.45) is 17.8 Å². The largest absolute Gasteiger partial charge is 0.508 e. The molecule has 2 aliphatic heterocycles. The number of aromatic hydroxyl groups is 1. The highest BCUT2D eigenvalue weighted by Gasteiger charge is 2.57. The first-order valence-electron chi connectivity index (χ1n) is 16.1. The van der Waals surface area contributed by atoms with Crippen LogP contribution in [0.1, 0.15) is 30.5 Å². The number of carbonyl (C=O) groups excluding carboxylic acids is 2. The van der Waals surface area contributed by atoms with E-state index in [0.717, 1.165) is 28.0 Å². The van der Waals surface area contributed by atoms with Crippen molar-refractivity contribution in [3.05, 3.63) is 126 Å². The van der Waals surface area contributed by atoms with Crippen LogP contribution in [-0.4, -0.2) is 58.4 Å². The molecule has 48 heavy (non-hydrogen) atoms. The van der Waals surface area contributed by atoms with Gasteiger partial charge in [0.15, 0.2) is 0 Å². The van der Waals surface area contributed by atoms with Gasteiger partial charge in [-0.25, -0.2) is 0 Å². The van der Waals surface area contributed by atoms with Gasteiger partial charge in [0.2, 0.25) is 11.8 Å². The first-order valence-corrected chi connectivity index (χ1v) is 16.1. The molecule has 0 spiro atoms. The first kappa shape index (κ1) is 31.6. The van der Waals surface area contributed by atoms with E-state index in [9.17, 15) is 24.7 Å². The Balaban J connectivity index is 1.20. The van der Waals surface area contributed by atoms with E-state index in [4.69, 9.17) is 9.47 Å². The number of amides is 2. The number of benzene rings is 3. The number of hydrogen-bond donors (Lipinski definition) is 3. The molecule has 2 amide bonds. The summed E-state index contributed by atoms with van der Waals surface area (Å²) in [6.45, 7) is 0.571. The molecule has 1 aromatic heterocycles. The Morgan fingerprint density at radius 3 is 2.48 bits per heavy atom. The zero-order valence-corrected chi connectivity index (χ0v) is 26.2.